The molecule has 1 atom stereocenters. The molecule has 0 bridgehead atoms. The summed E-state index contributed by atoms with van der Waals surface area (Å²) < 4.78 is 1.28. The third-order valence-corrected chi connectivity index (χ3v) is 3.37. The number of hydrogen-bond acceptors (Lipinski definition) is 5. The van der Waals surface area contributed by atoms with Gasteiger partial charge in [0.15, 0.2) is 5.78 Å². The first kappa shape index (κ1) is 16.3. The second-order valence-corrected chi connectivity index (χ2v) is 4.98. The molecule has 1 aromatic heterocycles. The van der Waals surface area contributed by atoms with Crippen molar-refractivity contribution >= 4 is 23.1 Å². The number of Topliss-reactive ketones (excluding diaryl/α,β-unsaturated/α-hetero) is 1. The third-order valence-electron chi connectivity index (χ3n) is 3.37. The fraction of sp³-hybridized carbons (Fsp3) is 0.267. The van der Waals surface area contributed by atoms with Crippen LogP contribution in [0.1, 0.15) is 36.7 Å². The molecule has 1 unspecified atom stereocenters. The number of hydrogen-bond donors (Lipinski definition) is 1. The predicted molar refractivity (Wildman–Crippen MR) is 83.3 cm³/mol. The molecule has 0 saturated carbocycles. The van der Waals surface area contributed by atoms with E-state index in [1.807, 2.05) is 0 Å². The fourth-order valence-electron chi connectivity index (χ4n) is 2.10. The van der Waals surface area contributed by atoms with Gasteiger partial charge in [0, 0.05) is 11.3 Å². The van der Waals surface area contributed by atoms with Gasteiger partial charge in [-0.25, -0.2) is 0 Å². The Bertz CT molecular complexity index is 736. The summed E-state index contributed by atoms with van der Waals surface area (Å²) in [5.41, 5.74) is 0.930. The summed E-state index contributed by atoms with van der Waals surface area (Å²) in [4.78, 5) is 33.7. The van der Waals surface area contributed by atoms with Crippen LogP contribution in [-0.2, 0) is 4.79 Å². The minimum atomic E-state index is -0.656. The number of nitrogens with zero attached hydrogens (tertiary/aromatic N) is 3. The summed E-state index contributed by atoms with van der Waals surface area (Å²) >= 11 is 0. The Kier molecular flexibility index (Phi) is 4.85. The molecule has 0 spiro atoms. The van der Waals surface area contributed by atoms with Gasteiger partial charge in [-0.05, 0) is 37.6 Å². The number of carbonyl (C=O) groups is 2. The highest BCUT2D eigenvalue weighted by Crippen LogP contribution is 2.18. The van der Waals surface area contributed by atoms with Gasteiger partial charge in [0.2, 0.25) is 5.91 Å². The van der Waals surface area contributed by atoms with E-state index < -0.39 is 11.0 Å². The van der Waals surface area contributed by atoms with Crippen molar-refractivity contribution in [2.24, 2.45) is 0 Å². The van der Waals surface area contributed by atoms with Crippen LogP contribution in [0.5, 0.6) is 0 Å². The molecule has 1 N–H and O–H groups in total. The van der Waals surface area contributed by atoms with Crippen LogP contribution in [0, 0.1) is 10.1 Å². The number of rotatable bonds is 6. The molecule has 120 valence electrons. The Balaban J connectivity index is 2.13. The quantitative estimate of drug-likeness (QED) is 0.500. The normalized spacial score (nSPS) is 11.7. The molecule has 23 heavy (non-hydrogen) atoms. The van der Waals surface area contributed by atoms with E-state index in [0.29, 0.717) is 17.7 Å². The van der Waals surface area contributed by atoms with Crippen LogP contribution in [0.15, 0.2) is 36.7 Å². The first-order valence-corrected chi connectivity index (χ1v) is 7.02. The van der Waals surface area contributed by atoms with Gasteiger partial charge in [0.05, 0.1) is 4.92 Å². The van der Waals surface area contributed by atoms with Crippen molar-refractivity contribution in [3.05, 3.63) is 52.3 Å². The minimum absolute atomic E-state index is 0.0573. The zero-order chi connectivity index (χ0) is 17.0. The standard InChI is InChI=1S/C15H16N4O4/c1-3-14(18-9-13(8-16-18)19(22)23)15(21)17-12-6-4-11(5-7-12)10(2)20/h4-9,14H,3H2,1-2H3,(H,17,21). The van der Waals surface area contributed by atoms with E-state index in [4.69, 9.17) is 0 Å². The van der Waals surface area contributed by atoms with Gasteiger partial charge in [-0.3, -0.25) is 24.4 Å². The van der Waals surface area contributed by atoms with Crippen molar-refractivity contribution in [3.8, 4) is 0 Å². The van der Waals surface area contributed by atoms with Crippen molar-refractivity contribution < 1.29 is 14.5 Å². The lowest BCUT2D eigenvalue weighted by molar-refractivity contribution is -0.385. The van der Waals surface area contributed by atoms with E-state index in [1.54, 1.807) is 31.2 Å². The number of nitro groups is 1. The van der Waals surface area contributed by atoms with Crippen LogP contribution in [0.4, 0.5) is 11.4 Å². The molecule has 1 amide bonds. The Labute approximate surface area is 132 Å². The highest BCUT2D eigenvalue weighted by Gasteiger charge is 2.22. The molecule has 2 aromatic rings. The second-order valence-electron chi connectivity index (χ2n) is 4.98. The molecule has 0 radical (unpaired) electrons. The van der Waals surface area contributed by atoms with Crippen LogP contribution < -0.4 is 5.32 Å². The summed E-state index contributed by atoms with van der Waals surface area (Å²) in [5.74, 6) is -0.390. The summed E-state index contributed by atoms with van der Waals surface area (Å²) in [7, 11) is 0. The number of amides is 1. The van der Waals surface area contributed by atoms with E-state index in [-0.39, 0.29) is 17.4 Å². The van der Waals surface area contributed by atoms with Crippen molar-refractivity contribution in [1.82, 2.24) is 9.78 Å². The van der Waals surface area contributed by atoms with Gasteiger partial charge in [-0.15, -0.1) is 0 Å². The van der Waals surface area contributed by atoms with Crippen molar-refractivity contribution in [2.75, 3.05) is 5.32 Å². The summed E-state index contributed by atoms with van der Waals surface area (Å²) in [6, 6.07) is 5.85. The maximum absolute atomic E-state index is 12.3. The molecule has 2 rings (SSSR count). The predicted octanol–water partition coefficient (Wildman–Crippen LogP) is 2.58. The molecule has 0 saturated heterocycles. The smallest absolute Gasteiger partial charge is 0.307 e. The van der Waals surface area contributed by atoms with Gasteiger partial charge in [0.1, 0.15) is 18.4 Å². The van der Waals surface area contributed by atoms with Crippen molar-refractivity contribution in [3.63, 3.8) is 0 Å². The lowest BCUT2D eigenvalue weighted by atomic mass is 10.1. The second kappa shape index (κ2) is 6.82. The summed E-state index contributed by atoms with van der Waals surface area (Å²) in [6.45, 7) is 3.25. The van der Waals surface area contributed by atoms with E-state index in [0.717, 1.165) is 6.20 Å². The number of benzene rings is 1. The Morgan fingerprint density at radius 2 is 2.00 bits per heavy atom. The molecular weight excluding hydrogens is 300 g/mol. The number of carbonyl (C=O) groups excluding carboxylic acids is 2. The van der Waals surface area contributed by atoms with E-state index in [2.05, 4.69) is 10.4 Å². The van der Waals surface area contributed by atoms with Crippen LogP contribution in [-0.4, -0.2) is 26.4 Å². The molecule has 0 aliphatic heterocycles. The van der Waals surface area contributed by atoms with Gasteiger partial charge in [-0.2, -0.15) is 5.10 Å². The molecule has 0 aliphatic carbocycles. The molecular formula is C15H16N4O4. The lowest BCUT2D eigenvalue weighted by Gasteiger charge is -2.15. The number of aromatic nitrogens is 2. The molecule has 1 heterocycles. The fourth-order valence-corrected chi connectivity index (χ4v) is 2.10. The third kappa shape index (κ3) is 3.79. The average molecular weight is 316 g/mol. The number of nitrogens with one attached hydrogen (secondary N) is 1. The minimum Gasteiger partial charge on any atom is -0.324 e. The highest BCUT2D eigenvalue weighted by atomic mass is 16.6. The largest absolute Gasteiger partial charge is 0.324 e. The van der Waals surface area contributed by atoms with E-state index in [1.165, 1.54) is 17.8 Å². The number of anilines is 1. The Morgan fingerprint density at radius 3 is 2.48 bits per heavy atom. The molecule has 8 nitrogen and oxygen atoms in total. The monoisotopic (exact) mass is 316 g/mol. The van der Waals surface area contributed by atoms with Gasteiger partial charge < -0.3 is 5.32 Å². The van der Waals surface area contributed by atoms with E-state index in [9.17, 15) is 19.7 Å². The maximum atomic E-state index is 12.3. The van der Waals surface area contributed by atoms with Gasteiger partial charge in [-0.1, -0.05) is 6.92 Å². The average Bonchev–Trinajstić information content (AvgIpc) is 2.98. The topological polar surface area (TPSA) is 107 Å². The molecule has 0 aliphatic rings. The Hall–Kier alpha value is -3.03. The summed E-state index contributed by atoms with van der Waals surface area (Å²) in [6.07, 6.45) is 2.76. The zero-order valence-electron chi connectivity index (χ0n) is 12.7. The van der Waals surface area contributed by atoms with Crippen molar-refractivity contribution in [1.29, 1.82) is 0 Å². The van der Waals surface area contributed by atoms with Crippen molar-refractivity contribution in [2.45, 2.75) is 26.3 Å². The first-order chi connectivity index (χ1) is 10.9. The van der Waals surface area contributed by atoms with Crippen LogP contribution in [0.3, 0.4) is 0 Å². The van der Waals surface area contributed by atoms with Crippen LogP contribution in [0.25, 0.3) is 0 Å². The zero-order valence-corrected chi connectivity index (χ0v) is 12.7. The summed E-state index contributed by atoms with van der Waals surface area (Å²) in [5, 5.41) is 17.3. The lowest BCUT2D eigenvalue weighted by Crippen LogP contribution is -2.25. The van der Waals surface area contributed by atoms with Crippen LogP contribution >= 0.6 is 0 Å². The SMILES string of the molecule is CCC(C(=O)Nc1ccc(C(C)=O)cc1)n1cc([N+](=O)[O-])cn1. The molecule has 0 fully saturated rings. The maximum Gasteiger partial charge on any atom is 0.307 e. The molecule has 8 heteroatoms. The number of ketones is 1. The van der Waals surface area contributed by atoms with Gasteiger partial charge in [0.25, 0.3) is 0 Å². The van der Waals surface area contributed by atoms with E-state index >= 15 is 0 Å². The first-order valence-electron chi connectivity index (χ1n) is 7.02. The highest BCUT2D eigenvalue weighted by molar-refractivity contribution is 5.96. The molecule has 1 aromatic carbocycles. The Morgan fingerprint density at radius 1 is 1.35 bits per heavy atom. The van der Waals surface area contributed by atoms with Crippen LogP contribution in [0.2, 0.25) is 0 Å². The van der Waals surface area contributed by atoms with Gasteiger partial charge >= 0.3 is 5.69 Å².